The van der Waals surface area contributed by atoms with E-state index < -0.39 is 0 Å². The number of nitrogens with one attached hydrogen (secondary N) is 1. The number of hydrazone groups is 1. The van der Waals surface area contributed by atoms with Gasteiger partial charge in [-0.05, 0) is 49.2 Å². The van der Waals surface area contributed by atoms with Crippen LogP contribution in [0.2, 0.25) is 0 Å². The molecule has 138 valence electrons. The van der Waals surface area contributed by atoms with Crippen LogP contribution in [0.1, 0.15) is 36.2 Å². The molecular weight excluding hydrogens is 332 g/mol. The first-order valence-electron chi connectivity index (χ1n) is 8.55. The molecule has 0 aliphatic heterocycles. The first-order chi connectivity index (χ1) is 12.7. The van der Waals surface area contributed by atoms with Gasteiger partial charge in [-0.15, -0.1) is 0 Å². The molecule has 2 aromatic carbocycles. The molecule has 0 aliphatic carbocycles. The van der Waals surface area contributed by atoms with Crippen molar-refractivity contribution in [1.82, 2.24) is 5.43 Å². The van der Waals surface area contributed by atoms with Gasteiger partial charge in [0.25, 0.3) is 5.91 Å². The van der Waals surface area contributed by atoms with Crippen LogP contribution in [0, 0.1) is 0 Å². The van der Waals surface area contributed by atoms with Crippen LogP contribution in [0.15, 0.2) is 47.6 Å². The van der Waals surface area contributed by atoms with E-state index >= 15 is 0 Å². The number of benzene rings is 2. The Balaban J connectivity index is 2.07. The monoisotopic (exact) mass is 356 g/mol. The van der Waals surface area contributed by atoms with E-state index in [0.29, 0.717) is 36.0 Å². The van der Waals surface area contributed by atoms with Gasteiger partial charge in [-0.3, -0.25) is 4.79 Å². The molecule has 0 aliphatic rings. The van der Waals surface area contributed by atoms with E-state index in [4.69, 9.17) is 14.2 Å². The number of ether oxygens (including phenoxy) is 3. The quantitative estimate of drug-likeness (QED) is 0.550. The Morgan fingerprint density at radius 1 is 1.08 bits per heavy atom. The molecule has 0 aromatic heterocycles. The van der Waals surface area contributed by atoms with Crippen LogP contribution in [-0.4, -0.2) is 32.4 Å². The number of rotatable bonds is 9. The lowest BCUT2D eigenvalue weighted by molar-refractivity contribution is 0.0952. The fourth-order valence-corrected chi connectivity index (χ4v) is 2.26. The van der Waals surface area contributed by atoms with Gasteiger partial charge in [-0.1, -0.05) is 19.1 Å². The maximum atomic E-state index is 12.2. The fourth-order valence-electron chi connectivity index (χ4n) is 2.26. The Hall–Kier alpha value is -3.02. The highest BCUT2D eigenvalue weighted by Crippen LogP contribution is 2.28. The SMILES string of the molecule is CCCOc1ccc(/C=N/NC(=O)c2ccccc2OC)cc1OCC. The zero-order valence-electron chi connectivity index (χ0n) is 15.3. The number of amides is 1. The first-order valence-corrected chi connectivity index (χ1v) is 8.55. The summed E-state index contributed by atoms with van der Waals surface area (Å²) in [6.07, 6.45) is 2.48. The number of hydrogen-bond acceptors (Lipinski definition) is 5. The lowest BCUT2D eigenvalue weighted by atomic mass is 10.2. The third kappa shape index (κ3) is 5.24. The van der Waals surface area contributed by atoms with Gasteiger partial charge in [0.1, 0.15) is 5.75 Å². The molecule has 0 radical (unpaired) electrons. The summed E-state index contributed by atoms with van der Waals surface area (Å²) in [5.41, 5.74) is 3.71. The van der Waals surface area contributed by atoms with Crippen LogP contribution in [-0.2, 0) is 0 Å². The van der Waals surface area contributed by atoms with Crippen molar-refractivity contribution in [3.8, 4) is 17.2 Å². The van der Waals surface area contributed by atoms with Gasteiger partial charge in [0.2, 0.25) is 0 Å². The van der Waals surface area contributed by atoms with Crippen LogP contribution in [0.5, 0.6) is 17.2 Å². The van der Waals surface area contributed by atoms with Crippen molar-refractivity contribution in [2.24, 2.45) is 5.10 Å². The standard InChI is InChI=1S/C20H24N2O4/c1-4-12-26-18-11-10-15(13-19(18)25-5-2)14-21-22-20(23)16-8-6-7-9-17(16)24-3/h6-11,13-14H,4-5,12H2,1-3H3,(H,22,23)/b21-14+. The third-order valence-corrected chi connectivity index (χ3v) is 3.46. The van der Waals surface area contributed by atoms with Crippen LogP contribution < -0.4 is 19.6 Å². The zero-order chi connectivity index (χ0) is 18.8. The van der Waals surface area contributed by atoms with Gasteiger partial charge in [-0.2, -0.15) is 5.10 Å². The van der Waals surface area contributed by atoms with Crippen molar-refractivity contribution in [2.45, 2.75) is 20.3 Å². The van der Waals surface area contributed by atoms with E-state index in [1.165, 1.54) is 7.11 Å². The molecule has 6 nitrogen and oxygen atoms in total. The summed E-state index contributed by atoms with van der Waals surface area (Å²) in [7, 11) is 1.52. The van der Waals surface area contributed by atoms with Gasteiger partial charge < -0.3 is 14.2 Å². The predicted octanol–water partition coefficient (Wildman–Crippen LogP) is 3.65. The second-order valence-corrected chi connectivity index (χ2v) is 5.39. The van der Waals surface area contributed by atoms with E-state index in [-0.39, 0.29) is 5.91 Å². The molecular formula is C20H24N2O4. The Morgan fingerprint density at radius 3 is 2.62 bits per heavy atom. The largest absolute Gasteiger partial charge is 0.496 e. The van der Waals surface area contributed by atoms with Gasteiger partial charge >= 0.3 is 0 Å². The average molecular weight is 356 g/mol. The molecule has 2 aromatic rings. The summed E-state index contributed by atoms with van der Waals surface area (Å²) in [6, 6.07) is 12.5. The second-order valence-electron chi connectivity index (χ2n) is 5.39. The Bertz CT molecular complexity index is 759. The van der Waals surface area contributed by atoms with E-state index in [1.54, 1.807) is 30.5 Å². The topological polar surface area (TPSA) is 69.2 Å². The molecule has 6 heteroatoms. The smallest absolute Gasteiger partial charge is 0.275 e. The molecule has 0 spiro atoms. The van der Waals surface area contributed by atoms with Gasteiger partial charge in [0.15, 0.2) is 11.5 Å². The maximum Gasteiger partial charge on any atom is 0.275 e. The molecule has 0 saturated carbocycles. The van der Waals surface area contributed by atoms with Crippen LogP contribution in [0.25, 0.3) is 0 Å². The average Bonchev–Trinajstić information content (AvgIpc) is 2.67. The van der Waals surface area contributed by atoms with Crippen molar-refractivity contribution in [3.63, 3.8) is 0 Å². The molecule has 0 atom stereocenters. The lowest BCUT2D eigenvalue weighted by Crippen LogP contribution is -2.18. The van der Waals surface area contributed by atoms with Gasteiger partial charge in [0, 0.05) is 0 Å². The third-order valence-electron chi connectivity index (χ3n) is 3.46. The summed E-state index contributed by atoms with van der Waals surface area (Å²) in [6.45, 7) is 5.12. The Labute approximate surface area is 153 Å². The van der Waals surface area contributed by atoms with Crippen molar-refractivity contribution in [2.75, 3.05) is 20.3 Å². The lowest BCUT2D eigenvalue weighted by Gasteiger charge is -2.11. The number of methoxy groups -OCH3 is 1. The molecule has 1 N–H and O–H groups in total. The second kappa shape index (κ2) is 10.1. The van der Waals surface area contributed by atoms with E-state index in [0.717, 1.165) is 12.0 Å². The van der Waals surface area contributed by atoms with Crippen molar-refractivity contribution in [3.05, 3.63) is 53.6 Å². The van der Waals surface area contributed by atoms with Crippen molar-refractivity contribution >= 4 is 12.1 Å². The molecule has 0 bridgehead atoms. The molecule has 0 unspecified atom stereocenters. The minimum Gasteiger partial charge on any atom is -0.496 e. The van der Waals surface area contributed by atoms with E-state index in [1.807, 2.05) is 32.0 Å². The van der Waals surface area contributed by atoms with E-state index in [2.05, 4.69) is 10.5 Å². The molecule has 0 heterocycles. The van der Waals surface area contributed by atoms with E-state index in [9.17, 15) is 4.79 Å². The number of hydrogen-bond donors (Lipinski definition) is 1. The number of para-hydroxylation sites is 1. The van der Waals surface area contributed by atoms with Crippen molar-refractivity contribution in [1.29, 1.82) is 0 Å². The normalized spacial score (nSPS) is 10.6. The molecule has 26 heavy (non-hydrogen) atoms. The molecule has 0 fully saturated rings. The minimum atomic E-state index is -0.341. The summed E-state index contributed by atoms with van der Waals surface area (Å²) in [4.78, 5) is 12.2. The highest BCUT2D eigenvalue weighted by Gasteiger charge is 2.10. The summed E-state index contributed by atoms with van der Waals surface area (Å²) >= 11 is 0. The Kier molecular flexibility index (Phi) is 7.49. The highest BCUT2D eigenvalue weighted by atomic mass is 16.5. The zero-order valence-corrected chi connectivity index (χ0v) is 15.3. The molecule has 0 saturated heterocycles. The predicted molar refractivity (Wildman–Crippen MR) is 101 cm³/mol. The molecule has 1 amide bonds. The van der Waals surface area contributed by atoms with Crippen molar-refractivity contribution < 1.29 is 19.0 Å². The van der Waals surface area contributed by atoms with Crippen LogP contribution in [0.3, 0.4) is 0 Å². The van der Waals surface area contributed by atoms with Crippen LogP contribution >= 0.6 is 0 Å². The van der Waals surface area contributed by atoms with Gasteiger partial charge in [0.05, 0.1) is 32.1 Å². The number of nitrogens with zero attached hydrogens (tertiary/aromatic N) is 1. The summed E-state index contributed by atoms with van der Waals surface area (Å²) in [5, 5.41) is 4.01. The maximum absolute atomic E-state index is 12.2. The summed E-state index contributed by atoms with van der Waals surface area (Å²) in [5.74, 6) is 1.51. The Morgan fingerprint density at radius 2 is 1.88 bits per heavy atom. The molecule has 2 rings (SSSR count). The number of carbonyl (C=O) groups is 1. The summed E-state index contributed by atoms with van der Waals surface area (Å²) < 4.78 is 16.5. The first kappa shape index (κ1) is 19.3. The van der Waals surface area contributed by atoms with Crippen LogP contribution in [0.4, 0.5) is 0 Å². The number of carbonyl (C=O) groups excluding carboxylic acids is 1. The minimum absolute atomic E-state index is 0.341. The fraction of sp³-hybridized carbons (Fsp3) is 0.300. The van der Waals surface area contributed by atoms with Gasteiger partial charge in [-0.25, -0.2) is 5.43 Å². The highest BCUT2D eigenvalue weighted by molar-refractivity contribution is 5.97.